The molecule has 1 N–H and O–H groups in total. The van der Waals surface area contributed by atoms with Crippen LogP contribution in [-0.2, 0) is 11.2 Å². The SMILES string of the molecule is COC(=O)c1ccc2[nH]c(CC3CCC(c4ccnc5ccc(F)cc45)CC3)nc2c1. The maximum Gasteiger partial charge on any atom is 0.337 e. The third-order valence-corrected chi connectivity index (χ3v) is 6.46. The van der Waals surface area contributed by atoms with Crippen molar-refractivity contribution in [2.45, 2.75) is 38.0 Å². The number of imidazole rings is 1. The molecule has 0 spiro atoms. The fourth-order valence-corrected chi connectivity index (χ4v) is 4.85. The molecule has 0 bridgehead atoms. The van der Waals surface area contributed by atoms with E-state index >= 15 is 0 Å². The summed E-state index contributed by atoms with van der Waals surface area (Å²) in [4.78, 5) is 24.2. The Kier molecular flexibility index (Phi) is 5.14. The van der Waals surface area contributed by atoms with Gasteiger partial charge in [0.25, 0.3) is 0 Å². The standard InChI is InChI=1S/C25H24FN3O2/c1-31-25(30)17-6-8-22-23(13-17)29-24(28-22)12-15-2-4-16(5-3-15)19-10-11-27-21-9-7-18(26)14-20(19)21/h6-11,13-16H,2-5,12H2,1H3,(H,28,29). The number of carbonyl (C=O) groups excluding carboxylic acids is 1. The number of aromatic amines is 1. The molecule has 5 nitrogen and oxygen atoms in total. The van der Waals surface area contributed by atoms with Crippen molar-refractivity contribution in [1.29, 1.82) is 0 Å². The Morgan fingerprint density at radius 1 is 1.10 bits per heavy atom. The molecule has 2 heterocycles. The Balaban J connectivity index is 1.28. The summed E-state index contributed by atoms with van der Waals surface area (Å²) in [7, 11) is 1.38. The van der Waals surface area contributed by atoms with Gasteiger partial charge in [-0.1, -0.05) is 0 Å². The Morgan fingerprint density at radius 3 is 2.74 bits per heavy atom. The summed E-state index contributed by atoms with van der Waals surface area (Å²) < 4.78 is 18.6. The van der Waals surface area contributed by atoms with E-state index < -0.39 is 0 Å². The number of aromatic nitrogens is 3. The van der Waals surface area contributed by atoms with E-state index in [2.05, 4.69) is 9.97 Å². The van der Waals surface area contributed by atoms with Crippen molar-refractivity contribution in [2.75, 3.05) is 7.11 Å². The first-order valence-electron chi connectivity index (χ1n) is 10.7. The van der Waals surface area contributed by atoms with E-state index in [1.807, 2.05) is 18.3 Å². The molecule has 0 unspecified atom stereocenters. The predicted octanol–water partition coefficient (Wildman–Crippen LogP) is 5.55. The van der Waals surface area contributed by atoms with Gasteiger partial charge in [0, 0.05) is 18.0 Å². The van der Waals surface area contributed by atoms with Crippen LogP contribution in [0.5, 0.6) is 0 Å². The molecule has 0 radical (unpaired) electrons. The van der Waals surface area contributed by atoms with Crippen LogP contribution in [0.2, 0.25) is 0 Å². The number of carbonyl (C=O) groups is 1. The number of nitrogens with one attached hydrogen (secondary N) is 1. The van der Waals surface area contributed by atoms with E-state index in [9.17, 15) is 9.18 Å². The number of H-pyrrole nitrogens is 1. The van der Waals surface area contributed by atoms with Crippen molar-refractivity contribution in [2.24, 2.45) is 5.92 Å². The van der Waals surface area contributed by atoms with Gasteiger partial charge in [-0.3, -0.25) is 4.98 Å². The number of hydrogen-bond donors (Lipinski definition) is 1. The van der Waals surface area contributed by atoms with Crippen molar-refractivity contribution in [1.82, 2.24) is 15.0 Å². The molecule has 5 rings (SSSR count). The van der Waals surface area contributed by atoms with Gasteiger partial charge in [0.2, 0.25) is 0 Å². The summed E-state index contributed by atoms with van der Waals surface area (Å²) in [6, 6.07) is 12.3. The Morgan fingerprint density at radius 2 is 1.94 bits per heavy atom. The lowest BCUT2D eigenvalue weighted by Crippen LogP contribution is -2.16. The topological polar surface area (TPSA) is 67.9 Å². The van der Waals surface area contributed by atoms with Gasteiger partial charge < -0.3 is 9.72 Å². The number of ether oxygens (including phenoxy) is 1. The summed E-state index contributed by atoms with van der Waals surface area (Å²) in [5.41, 5.74) is 4.30. The molecule has 2 aromatic heterocycles. The van der Waals surface area contributed by atoms with Crippen LogP contribution in [0.4, 0.5) is 4.39 Å². The quantitative estimate of drug-likeness (QED) is 0.442. The molecular weight excluding hydrogens is 393 g/mol. The molecule has 2 aromatic carbocycles. The number of hydrogen-bond acceptors (Lipinski definition) is 4. The lowest BCUT2D eigenvalue weighted by molar-refractivity contribution is 0.0601. The fourth-order valence-electron chi connectivity index (χ4n) is 4.85. The van der Waals surface area contributed by atoms with Crippen LogP contribution in [0.15, 0.2) is 48.7 Å². The highest BCUT2D eigenvalue weighted by atomic mass is 19.1. The van der Waals surface area contributed by atoms with Crippen molar-refractivity contribution >= 4 is 27.9 Å². The molecule has 1 saturated carbocycles. The van der Waals surface area contributed by atoms with Gasteiger partial charge in [-0.25, -0.2) is 14.2 Å². The lowest BCUT2D eigenvalue weighted by Gasteiger charge is -2.29. The second kappa shape index (κ2) is 8.10. The minimum Gasteiger partial charge on any atom is -0.465 e. The molecule has 1 aliphatic carbocycles. The number of rotatable bonds is 4. The summed E-state index contributed by atoms with van der Waals surface area (Å²) in [5, 5.41) is 0.935. The number of benzene rings is 2. The van der Waals surface area contributed by atoms with Gasteiger partial charge in [-0.05, 0) is 85.5 Å². The van der Waals surface area contributed by atoms with Gasteiger partial charge in [0.05, 0.1) is 29.2 Å². The van der Waals surface area contributed by atoms with E-state index in [4.69, 9.17) is 9.72 Å². The molecular formula is C25H24FN3O2. The molecule has 6 heteroatoms. The second-order valence-corrected chi connectivity index (χ2v) is 8.39. The van der Waals surface area contributed by atoms with Crippen LogP contribution >= 0.6 is 0 Å². The zero-order chi connectivity index (χ0) is 21.4. The van der Waals surface area contributed by atoms with Gasteiger partial charge in [-0.15, -0.1) is 0 Å². The third kappa shape index (κ3) is 3.90. The highest BCUT2D eigenvalue weighted by Gasteiger charge is 2.25. The molecule has 31 heavy (non-hydrogen) atoms. The van der Waals surface area contributed by atoms with E-state index in [1.165, 1.54) is 18.7 Å². The second-order valence-electron chi connectivity index (χ2n) is 8.39. The van der Waals surface area contributed by atoms with E-state index in [1.54, 1.807) is 24.3 Å². The smallest absolute Gasteiger partial charge is 0.337 e. The largest absolute Gasteiger partial charge is 0.465 e. The number of nitrogens with zero attached hydrogens (tertiary/aromatic N) is 2. The molecule has 0 aliphatic heterocycles. The summed E-state index contributed by atoms with van der Waals surface area (Å²) in [6.07, 6.45) is 7.09. The molecule has 0 saturated heterocycles. The van der Waals surface area contributed by atoms with Crippen molar-refractivity contribution in [3.05, 3.63) is 71.4 Å². The molecule has 0 amide bonds. The average molecular weight is 417 g/mol. The zero-order valence-electron chi connectivity index (χ0n) is 17.4. The Hall–Kier alpha value is -3.28. The van der Waals surface area contributed by atoms with E-state index in [0.29, 0.717) is 17.4 Å². The molecule has 1 fully saturated rings. The third-order valence-electron chi connectivity index (χ3n) is 6.46. The summed E-state index contributed by atoms with van der Waals surface area (Å²) in [5.74, 6) is 1.38. The first-order valence-corrected chi connectivity index (χ1v) is 10.7. The predicted molar refractivity (Wildman–Crippen MR) is 118 cm³/mol. The number of esters is 1. The number of pyridine rings is 1. The van der Waals surface area contributed by atoms with E-state index in [0.717, 1.165) is 59.9 Å². The number of methoxy groups -OCH3 is 1. The minimum absolute atomic E-state index is 0.212. The van der Waals surface area contributed by atoms with Crippen LogP contribution in [0.1, 0.15) is 53.3 Å². The van der Waals surface area contributed by atoms with Gasteiger partial charge in [-0.2, -0.15) is 0 Å². The summed E-state index contributed by atoms with van der Waals surface area (Å²) >= 11 is 0. The van der Waals surface area contributed by atoms with Crippen LogP contribution in [0.3, 0.4) is 0 Å². The normalized spacial score (nSPS) is 19.0. The van der Waals surface area contributed by atoms with Crippen molar-refractivity contribution in [3.63, 3.8) is 0 Å². The van der Waals surface area contributed by atoms with Crippen LogP contribution < -0.4 is 0 Å². The number of halogens is 1. The zero-order valence-corrected chi connectivity index (χ0v) is 17.4. The van der Waals surface area contributed by atoms with Crippen molar-refractivity contribution < 1.29 is 13.9 Å². The van der Waals surface area contributed by atoms with Gasteiger partial charge in [0.1, 0.15) is 11.6 Å². The molecule has 158 valence electrons. The first-order chi connectivity index (χ1) is 15.1. The Labute approximate surface area is 179 Å². The van der Waals surface area contributed by atoms with E-state index in [-0.39, 0.29) is 11.8 Å². The molecule has 0 atom stereocenters. The Bertz CT molecular complexity index is 1260. The average Bonchev–Trinajstić information content (AvgIpc) is 3.20. The highest BCUT2D eigenvalue weighted by Crippen LogP contribution is 2.39. The van der Waals surface area contributed by atoms with Gasteiger partial charge >= 0.3 is 5.97 Å². The highest BCUT2D eigenvalue weighted by molar-refractivity contribution is 5.93. The lowest BCUT2D eigenvalue weighted by atomic mass is 9.77. The fraction of sp³-hybridized carbons (Fsp3) is 0.320. The van der Waals surface area contributed by atoms with Crippen LogP contribution in [-0.4, -0.2) is 28.0 Å². The maximum absolute atomic E-state index is 13.8. The maximum atomic E-state index is 13.8. The van der Waals surface area contributed by atoms with Gasteiger partial charge in [0.15, 0.2) is 0 Å². The first kappa shape index (κ1) is 19.7. The van der Waals surface area contributed by atoms with Crippen LogP contribution in [0.25, 0.3) is 21.9 Å². The minimum atomic E-state index is -0.353. The van der Waals surface area contributed by atoms with Crippen molar-refractivity contribution in [3.8, 4) is 0 Å². The molecule has 4 aromatic rings. The summed E-state index contributed by atoms with van der Waals surface area (Å²) in [6.45, 7) is 0. The van der Waals surface area contributed by atoms with Crippen LogP contribution in [0, 0.1) is 11.7 Å². The number of fused-ring (bicyclic) bond motifs is 2. The molecule has 1 aliphatic rings. The monoisotopic (exact) mass is 417 g/mol.